The number of carboxylic acid groups (broad SMARTS) is 1. The summed E-state index contributed by atoms with van der Waals surface area (Å²) in [6.45, 7) is 4.79. The van der Waals surface area contributed by atoms with Gasteiger partial charge in [0.15, 0.2) is 0 Å². The van der Waals surface area contributed by atoms with Crippen LogP contribution < -0.4 is 4.72 Å². The molecule has 0 amide bonds. The van der Waals surface area contributed by atoms with Crippen molar-refractivity contribution < 1.29 is 27.9 Å². The van der Waals surface area contributed by atoms with Crippen LogP contribution in [0.25, 0.3) is 0 Å². The number of rotatable bonds is 6. The zero-order valence-corrected chi connectivity index (χ0v) is 13.0. The van der Waals surface area contributed by atoms with Crippen LogP contribution in [-0.2, 0) is 19.6 Å². The van der Waals surface area contributed by atoms with E-state index in [-0.39, 0.29) is 16.6 Å². The summed E-state index contributed by atoms with van der Waals surface area (Å²) in [7, 11) is -2.87. The molecule has 0 aliphatic carbocycles. The average Bonchev–Trinajstić information content (AvgIpc) is 2.83. The molecule has 1 rings (SSSR count). The van der Waals surface area contributed by atoms with Crippen LogP contribution in [0.15, 0.2) is 17.2 Å². The van der Waals surface area contributed by atoms with Gasteiger partial charge in [-0.1, -0.05) is 0 Å². The molecule has 1 heterocycles. The van der Waals surface area contributed by atoms with Crippen molar-refractivity contribution in [3.63, 3.8) is 0 Å². The second-order valence-corrected chi connectivity index (χ2v) is 6.45. The van der Waals surface area contributed by atoms with Crippen LogP contribution in [0.3, 0.4) is 0 Å². The van der Waals surface area contributed by atoms with Crippen molar-refractivity contribution in [2.24, 2.45) is 0 Å². The maximum Gasteiger partial charge on any atom is 0.352 e. The van der Waals surface area contributed by atoms with Crippen molar-refractivity contribution in [3.05, 3.63) is 18.0 Å². The van der Waals surface area contributed by atoms with Crippen molar-refractivity contribution in [2.45, 2.75) is 37.8 Å². The number of carboxylic acids is 1. The summed E-state index contributed by atoms with van der Waals surface area (Å²) in [5.74, 6) is -1.97. The molecule has 0 aliphatic heterocycles. The molecule has 0 saturated carbocycles. The van der Waals surface area contributed by atoms with Gasteiger partial charge in [0.05, 0.1) is 7.11 Å². The van der Waals surface area contributed by atoms with Gasteiger partial charge in [-0.15, -0.1) is 0 Å². The number of carbonyl (C=O) groups is 2. The first-order valence-corrected chi connectivity index (χ1v) is 7.63. The highest BCUT2D eigenvalue weighted by Crippen LogP contribution is 2.19. The first-order valence-electron chi connectivity index (χ1n) is 6.15. The fourth-order valence-corrected chi connectivity index (χ4v) is 2.94. The lowest BCUT2D eigenvalue weighted by atomic mass is 10.3. The van der Waals surface area contributed by atoms with E-state index in [0.29, 0.717) is 0 Å². The molecule has 9 heteroatoms. The molecular formula is C12H18N2O6S. The summed E-state index contributed by atoms with van der Waals surface area (Å²) in [4.78, 5) is 22.2. The SMILES string of the molecule is COC(=O)C(C)NS(=O)(=O)c1cc(C(=O)O)n(C(C)C)c1. The molecule has 0 aliphatic rings. The number of nitrogens with one attached hydrogen (secondary N) is 1. The molecule has 1 unspecified atom stereocenters. The number of aromatic nitrogens is 1. The molecule has 0 fully saturated rings. The molecule has 1 atom stereocenters. The Hall–Kier alpha value is -1.87. The second kappa shape index (κ2) is 6.27. The Morgan fingerprint density at radius 1 is 1.33 bits per heavy atom. The maximum absolute atomic E-state index is 12.1. The third kappa shape index (κ3) is 3.82. The minimum Gasteiger partial charge on any atom is -0.477 e. The molecule has 0 aromatic carbocycles. The minimum atomic E-state index is -4.02. The van der Waals surface area contributed by atoms with Gasteiger partial charge in [0.1, 0.15) is 16.6 Å². The van der Waals surface area contributed by atoms with Gasteiger partial charge in [0.2, 0.25) is 10.0 Å². The fourth-order valence-electron chi connectivity index (χ4n) is 1.73. The van der Waals surface area contributed by atoms with Gasteiger partial charge in [-0.3, -0.25) is 4.79 Å². The van der Waals surface area contributed by atoms with Gasteiger partial charge in [0.25, 0.3) is 0 Å². The van der Waals surface area contributed by atoms with Gasteiger partial charge in [0, 0.05) is 12.2 Å². The van der Waals surface area contributed by atoms with Gasteiger partial charge in [-0.2, -0.15) is 4.72 Å². The largest absolute Gasteiger partial charge is 0.477 e. The van der Waals surface area contributed by atoms with E-state index in [1.54, 1.807) is 13.8 Å². The smallest absolute Gasteiger partial charge is 0.352 e. The molecule has 118 valence electrons. The van der Waals surface area contributed by atoms with Crippen molar-refractivity contribution in [2.75, 3.05) is 7.11 Å². The van der Waals surface area contributed by atoms with Gasteiger partial charge < -0.3 is 14.4 Å². The monoisotopic (exact) mass is 318 g/mol. The molecule has 0 spiro atoms. The van der Waals surface area contributed by atoms with E-state index in [2.05, 4.69) is 9.46 Å². The van der Waals surface area contributed by atoms with E-state index in [4.69, 9.17) is 5.11 Å². The summed E-state index contributed by atoms with van der Waals surface area (Å²) >= 11 is 0. The van der Waals surface area contributed by atoms with Gasteiger partial charge >= 0.3 is 11.9 Å². The first-order chi connectivity index (χ1) is 9.60. The van der Waals surface area contributed by atoms with E-state index in [0.717, 1.165) is 13.2 Å². The molecule has 21 heavy (non-hydrogen) atoms. The summed E-state index contributed by atoms with van der Waals surface area (Å²) < 4.78 is 32.2. The van der Waals surface area contributed by atoms with E-state index in [1.165, 1.54) is 17.7 Å². The number of aromatic carboxylic acids is 1. The Morgan fingerprint density at radius 3 is 2.29 bits per heavy atom. The molecular weight excluding hydrogens is 300 g/mol. The Morgan fingerprint density at radius 2 is 1.90 bits per heavy atom. The van der Waals surface area contributed by atoms with Crippen LogP contribution in [0.1, 0.15) is 37.3 Å². The van der Waals surface area contributed by atoms with Crippen LogP contribution in [0, 0.1) is 0 Å². The normalized spacial score (nSPS) is 13.2. The lowest BCUT2D eigenvalue weighted by Gasteiger charge is -2.11. The van der Waals surface area contributed by atoms with Gasteiger partial charge in [-0.05, 0) is 26.8 Å². The quantitative estimate of drug-likeness (QED) is 0.743. The molecule has 8 nitrogen and oxygen atoms in total. The van der Waals surface area contributed by atoms with E-state index >= 15 is 0 Å². The van der Waals surface area contributed by atoms with Crippen LogP contribution in [0.4, 0.5) is 0 Å². The first kappa shape index (κ1) is 17.2. The zero-order chi connectivity index (χ0) is 16.4. The topological polar surface area (TPSA) is 115 Å². The highest BCUT2D eigenvalue weighted by Gasteiger charge is 2.26. The lowest BCUT2D eigenvalue weighted by Crippen LogP contribution is -2.38. The number of methoxy groups -OCH3 is 1. The van der Waals surface area contributed by atoms with Gasteiger partial charge in [-0.25, -0.2) is 13.2 Å². The highest BCUT2D eigenvalue weighted by atomic mass is 32.2. The number of sulfonamides is 1. The number of nitrogens with zero attached hydrogens (tertiary/aromatic N) is 1. The Labute approximate surface area is 122 Å². The molecule has 2 N–H and O–H groups in total. The van der Waals surface area contributed by atoms with Crippen molar-refractivity contribution >= 4 is 22.0 Å². The van der Waals surface area contributed by atoms with Crippen LogP contribution in [0.5, 0.6) is 0 Å². The molecule has 1 aromatic rings. The number of hydrogen-bond acceptors (Lipinski definition) is 5. The second-order valence-electron chi connectivity index (χ2n) is 4.73. The number of ether oxygens (including phenoxy) is 1. The predicted molar refractivity (Wildman–Crippen MR) is 73.6 cm³/mol. The van der Waals surface area contributed by atoms with Crippen molar-refractivity contribution in [1.29, 1.82) is 0 Å². The lowest BCUT2D eigenvalue weighted by molar-refractivity contribution is -0.142. The number of carbonyl (C=O) groups excluding carboxylic acids is 1. The van der Waals surface area contributed by atoms with Crippen LogP contribution in [0.2, 0.25) is 0 Å². The third-order valence-electron chi connectivity index (χ3n) is 2.80. The highest BCUT2D eigenvalue weighted by molar-refractivity contribution is 7.89. The molecule has 0 saturated heterocycles. The summed E-state index contributed by atoms with van der Waals surface area (Å²) in [6.07, 6.45) is 1.22. The van der Waals surface area contributed by atoms with E-state index < -0.39 is 28.0 Å². The number of hydrogen-bond donors (Lipinski definition) is 2. The van der Waals surface area contributed by atoms with Crippen molar-refractivity contribution in [1.82, 2.24) is 9.29 Å². The third-order valence-corrected chi connectivity index (χ3v) is 4.30. The number of esters is 1. The predicted octanol–water partition coefficient (Wildman–Crippen LogP) is 0.607. The van der Waals surface area contributed by atoms with Crippen molar-refractivity contribution in [3.8, 4) is 0 Å². The van der Waals surface area contributed by atoms with Crippen LogP contribution >= 0.6 is 0 Å². The van der Waals surface area contributed by atoms with E-state index in [1.807, 2.05) is 0 Å². The summed E-state index contributed by atoms with van der Waals surface area (Å²) in [5, 5.41) is 9.09. The maximum atomic E-state index is 12.1. The molecule has 0 radical (unpaired) electrons. The fraction of sp³-hybridized carbons (Fsp3) is 0.500. The Balaban J connectivity index is 3.18. The average molecular weight is 318 g/mol. The Kier molecular flexibility index (Phi) is 5.13. The zero-order valence-electron chi connectivity index (χ0n) is 12.2. The molecule has 0 bridgehead atoms. The van der Waals surface area contributed by atoms with E-state index in [9.17, 15) is 18.0 Å². The standard InChI is InChI=1S/C12H18N2O6S/c1-7(2)14-6-9(5-10(14)11(15)16)21(18,19)13-8(3)12(17)20-4/h5-8,13H,1-4H3,(H,15,16). The molecule has 1 aromatic heterocycles. The Bertz CT molecular complexity index is 647. The van der Waals surface area contributed by atoms with Crippen LogP contribution in [-0.4, -0.2) is 43.2 Å². The summed E-state index contributed by atoms with van der Waals surface area (Å²) in [5.41, 5.74) is -0.143. The minimum absolute atomic E-state index is 0.143. The summed E-state index contributed by atoms with van der Waals surface area (Å²) in [6, 6.07) is -0.247.